The van der Waals surface area contributed by atoms with E-state index < -0.39 is 0 Å². The number of phenolic OH excluding ortho intramolecular Hbond substituents is 1. The summed E-state index contributed by atoms with van der Waals surface area (Å²) in [5, 5.41) is 26.2. The van der Waals surface area contributed by atoms with Crippen molar-refractivity contribution in [2.45, 2.75) is 0 Å². The molecule has 0 saturated carbocycles. The average molecular weight is 213 g/mol. The van der Waals surface area contributed by atoms with Crippen LogP contribution in [-0.4, -0.2) is 5.11 Å². The molecule has 64 valence electrons. The summed E-state index contributed by atoms with van der Waals surface area (Å²) in [6.07, 6.45) is 0. The molecule has 0 aliphatic heterocycles. The largest absolute Gasteiger partial charge is 0.505 e. The van der Waals surface area contributed by atoms with Gasteiger partial charge in [0.2, 0.25) is 0 Å². The Morgan fingerprint density at radius 1 is 1.23 bits per heavy atom. The third-order valence-corrected chi connectivity index (χ3v) is 2.08. The molecule has 1 aromatic rings. The van der Waals surface area contributed by atoms with Crippen LogP contribution in [0.15, 0.2) is 6.07 Å². The number of benzene rings is 1. The Labute approximate surface area is 84.3 Å². The van der Waals surface area contributed by atoms with Crippen LogP contribution in [0.4, 0.5) is 0 Å². The number of hydrogen-bond donors (Lipinski definition) is 1. The van der Waals surface area contributed by atoms with E-state index in [0.29, 0.717) is 0 Å². The van der Waals surface area contributed by atoms with E-state index in [4.69, 9.17) is 33.7 Å². The van der Waals surface area contributed by atoms with Gasteiger partial charge in [0.25, 0.3) is 0 Å². The average Bonchev–Trinajstić information content (AvgIpc) is 2.13. The van der Waals surface area contributed by atoms with E-state index in [1.807, 2.05) is 0 Å². The minimum atomic E-state index is -0.376. The van der Waals surface area contributed by atoms with Gasteiger partial charge in [-0.2, -0.15) is 10.5 Å². The Morgan fingerprint density at radius 2 is 1.85 bits per heavy atom. The second-order valence-electron chi connectivity index (χ2n) is 2.17. The highest BCUT2D eigenvalue weighted by Gasteiger charge is 2.14. The van der Waals surface area contributed by atoms with E-state index in [9.17, 15) is 5.11 Å². The van der Waals surface area contributed by atoms with Gasteiger partial charge in [-0.3, -0.25) is 0 Å². The summed E-state index contributed by atoms with van der Waals surface area (Å²) in [7, 11) is 0. The van der Waals surface area contributed by atoms with Gasteiger partial charge in [-0.25, -0.2) is 0 Å². The first-order valence-corrected chi connectivity index (χ1v) is 3.88. The predicted octanol–water partition coefficient (Wildman–Crippen LogP) is 2.44. The third-order valence-electron chi connectivity index (χ3n) is 1.43. The number of halogens is 2. The maximum absolute atomic E-state index is 9.21. The van der Waals surface area contributed by atoms with Crippen molar-refractivity contribution < 1.29 is 5.11 Å². The molecule has 0 heterocycles. The zero-order chi connectivity index (χ0) is 10.0. The zero-order valence-electron chi connectivity index (χ0n) is 6.17. The predicted molar refractivity (Wildman–Crippen MR) is 47.6 cm³/mol. The standard InChI is InChI=1S/C8H2Cl2N2O/c9-6-1-4(2-11)5(3-12)7(10)8(6)13/h1,13H. The fourth-order valence-corrected chi connectivity index (χ4v) is 1.30. The second kappa shape index (κ2) is 3.53. The fourth-order valence-electron chi connectivity index (χ4n) is 0.806. The highest BCUT2D eigenvalue weighted by molar-refractivity contribution is 6.38. The Kier molecular flexibility index (Phi) is 2.63. The molecule has 0 fully saturated rings. The molecule has 0 aliphatic carbocycles. The Hall–Kier alpha value is -1.42. The molecule has 0 amide bonds. The van der Waals surface area contributed by atoms with Crippen molar-refractivity contribution in [2.75, 3.05) is 0 Å². The fraction of sp³-hybridized carbons (Fsp3) is 0. The van der Waals surface area contributed by atoms with Crippen molar-refractivity contribution in [2.24, 2.45) is 0 Å². The van der Waals surface area contributed by atoms with Gasteiger partial charge in [0.05, 0.1) is 16.1 Å². The molecule has 1 rings (SSSR count). The molecule has 1 N–H and O–H groups in total. The van der Waals surface area contributed by atoms with Crippen molar-refractivity contribution in [1.82, 2.24) is 0 Å². The van der Waals surface area contributed by atoms with Gasteiger partial charge < -0.3 is 5.11 Å². The second-order valence-corrected chi connectivity index (χ2v) is 2.95. The molecule has 0 aromatic heterocycles. The summed E-state index contributed by atoms with van der Waals surface area (Å²) in [6, 6.07) is 4.66. The van der Waals surface area contributed by atoms with Gasteiger partial charge in [0, 0.05) is 0 Å². The lowest BCUT2D eigenvalue weighted by atomic mass is 10.1. The first-order valence-electron chi connectivity index (χ1n) is 3.13. The highest BCUT2D eigenvalue weighted by Crippen LogP contribution is 2.35. The smallest absolute Gasteiger partial charge is 0.154 e. The van der Waals surface area contributed by atoms with E-state index in [1.54, 1.807) is 12.1 Å². The van der Waals surface area contributed by atoms with Crippen LogP contribution in [-0.2, 0) is 0 Å². The molecular formula is C8H2Cl2N2O. The lowest BCUT2D eigenvalue weighted by Crippen LogP contribution is -1.86. The minimum absolute atomic E-state index is 0.0412. The summed E-state index contributed by atoms with van der Waals surface area (Å²) in [5.41, 5.74) is -0.0126. The summed E-state index contributed by atoms with van der Waals surface area (Å²) in [4.78, 5) is 0. The number of phenols is 1. The van der Waals surface area contributed by atoms with Crippen LogP contribution in [0.3, 0.4) is 0 Å². The Bertz CT molecular complexity index is 443. The molecule has 5 heteroatoms. The van der Waals surface area contributed by atoms with Crippen LogP contribution >= 0.6 is 23.2 Å². The van der Waals surface area contributed by atoms with Crippen LogP contribution in [0.5, 0.6) is 5.75 Å². The van der Waals surface area contributed by atoms with Gasteiger partial charge >= 0.3 is 0 Å². The van der Waals surface area contributed by atoms with Crippen molar-refractivity contribution >= 4 is 23.2 Å². The van der Waals surface area contributed by atoms with Crippen molar-refractivity contribution in [3.8, 4) is 17.9 Å². The molecule has 0 saturated heterocycles. The summed E-state index contributed by atoms with van der Waals surface area (Å²) < 4.78 is 0. The number of nitriles is 2. The van der Waals surface area contributed by atoms with Crippen molar-refractivity contribution in [3.05, 3.63) is 27.2 Å². The van der Waals surface area contributed by atoms with Crippen LogP contribution in [0.1, 0.15) is 11.1 Å². The topological polar surface area (TPSA) is 67.8 Å². The Balaban J connectivity index is 3.63. The van der Waals surface area contributed by atoms with Crippen molar-refractivity contribution in [3.63, 3.8) is 0 Å². The molecule has 0 radical (unpaired) electrons. The lowest BCUT2D eigenvalue weighted by molar-refractivity contribution is 0.475. The summed E-state index contributed by atoms with van der Waals surface area (Å²) in [5.74, 6) is -0.376. The quantitative estimate of drug-likeness (QED) is 0.719. The van der Waals surface area contributed by atoms with Crippen LogP contribution in [0, 0.1) is 22.7 Å². The first-order chi connectivity index (χ1) is 6.11. The zero-order valence-corrected chi connectivity index (χ0v) is 7.69. The highest BCUT2D eigenvalue weighted by atomic mass is 35.5. The summed E-state index contributed by atoms with van der Waals surface area (Å²) in [6.45, 7) is 0. The van der Waals surface area contributed by atoms with Crippen LogP contribution < -0.4 is 0 Å². The van der Waals surface area contributed by atoms with Gasteiger partial charge in [-0.05, 0) is 6.07 Å². The number of hydrogen-bond acceptors (Lipinski definition) is 3. The maximum Gasteiger partial charge on any atom is 0.154 e. The molecule has 3 nitrogen and oxygen atoms in total. The molecule has 13 heavy (non-hydrogen) atoms. The SMILES string of the molecule is N#Cc1cc(Cl)c(O)c(Cl)c1C#N. The van der Waals surface area contributed by atoms with Gasteiger partial charge in [-0.1, -0.05) is 23.2 Å². The first kappa shape index (κ1) is 9.67. The molecular weight excluding hydrogens is 211 g/mol. The number of nitrogens with zero attached hydrogens (tertiary/aromatic N) is 2. The normalized spacial score (nSPS) is 8.92. The van der Waals surface area contributed by atoms with E-state index in [2.05, 4.69) is 0 Å². The van der Waals surface area contributed by atoms with E-state index in [1.165, 1.54) is 6.07 Å². The van der Waals surface area contributed by atoms with Gasteiger partial charge in [0.1, 0.15) is 17.2 Å². The monoisotopic (exact) mass is 212 g/mol. The number of aromatic hydroxyl groups is 1. The molecule has 0 spiro atoms. The van der Waals surface area contributed by atoms with Crippen molar-refractivity contribution in [1.29, 1.82) is 10.5 Å². The molecule has 1 aromatic carbocycles. The third kappa shape index (κ3) is 1.53. The van der Waals surface area contributed by atoms with Gasteiger partial charge in [-0.15, -0.1) is 0 Å². The van der Waals surface area contributed by atoms with Crippen LogP contribution in [0.2, 0.25) is 10.0 Å². The maximum atomic E-state index is 9.21. The van der Waals surface area contributed by atoms with E-state index in [0.717, 1.165) is 0 Å². The van der Waals surface area contributed by atoms with Crippen LogP contribution in [0.25, 0.3) is 0 Å². The molecule has 0 bridgehead atoms. The summed E-state index contributed by atoms with van der Waals surface area (Å²) >= 11 is 11.1. The van der Waals surface area contributed by atoms with Gasteiger partial charge in [0.15, 0.2) is 5.75 Å². The minimum Gasteiger partial charge on any atom is -0.505 e. The number of rotatable bonds is 0. The van der Waals surface area contributed by atoms with E-state index in [-0.39, 0.29) is 26.9 Å². The Morgan fingerprint density at radius 3 is 2.31 bits per heavy atom. The molecule has 0 atom stereocenters. The van der Waals surface area contributed by atoms with E-state index >= 15 is 0 Å². The lowest BCUT2D eigenvalue weighted by Gasteiger charge is -2.02. The molecule has 0 unspecified atom stereocenters. The molecule has 0 aliphatic rings.